The van der Waals surface area contributed by atoms with Crippen molar-refractivity contribution in [2.45, 2.75) is 90.2 Å². The van der Waals surface area contributed by atoms with Crippen LogP contribution in [0.2, 0.25) is 0 Å². The van der Waals surface area contributed by atoms with Crippen molar-refractivity contribution in [3.8, 4) is 0 Å². The van der Waals surface area contributed by atoms with E-state index in [4.69, 9.17) is 4.74 Å². The van der Waals surface area contributed by atoms with Crippen LogP contribution in [0.5, 0.6) is 0 Å². The van der Waals surface area contributed by atoms with E-state index in [9.17, 15) is 14.4 Å². The fourth-order valence-electron chi connectivity index (χ4n) is 4.82. The number of hydrogen-bond donors (Lipinski definition) is 1. The van der Waals surface area contributed by atoms with Crippen LogP contribution in [0.1, 0.15) is 78.6 Å². The molecule has 0 atom stereocenters. The van der Waals surface area contributed by atoms with Crippen molar-refractivity contribution in [1.82, 2.24) is 15.1 Å². The van der Waals surface area contributed by atoms with E-state index in [0.29, 0.717) is 39.0 Å². The third-order valence-corrected chi connectivity index (χ3v) is 6.62. The molecule has 1 aliphatic carbocycles. The van der Waals surface area contributed by atoms with Gasteiger partial charge in [-0.3, -0.25) is 9.59 Å². The maximum Gasteiger partial charge on any atom is 0.410 e. The summed E-state index contributed by atoms with van der Waals surface area (Å²) in [6.45, 7) is 8.15. The maximum absolute atomic E-state index is 12.9. The van der Waals surface area contributed by atoms with Crippen molar-refractivity contribution in [3.05, 3.63) is 0 Å². The van der Waals surface area contributed by atoms with Crippen LogP contribution >= 0.6 is 0 Å². The molecule has 0 radical (unpaired) electrons. The standard InChI is InChI=1S/C23H39N3O4/c1-23(2,3)30-22(29)26-13-9-18(10-14-26)21(28)25-15-11-19(12-16-25)24-20(27)17-7-5-4-6-8-17/h17-19H,4-16H2,1-3H3,(H,24,27). The van der Waals surface area contributed by atoms with Crippen molar-refractivity contribution in [1.29, 1.82) is 0 Å². The highest BCUT2D eigenvalue weighted by Crippen LogP contribution is 2.26. The van der Waals surface area contributed by atoms with Gasteiger partial charge in [-0.15, -0.1) is 0 Å². The number of ether oxygens (including phenoxy) is 1. The molecule has 3 amide bonds. The van der Waals surface area contributed by atoms with Gasteiger partial charge in [-0.1, -0.05) is 19.3 Å². The highest BCUT2D eigenvalue weighted by Gasteiger charge is 2.34. The first kappa shape index (κ1) is 22.9. The molecule has 2 heterocycles. The molecule has 0 aromatic heterocycles. The van der Waals surface area contributed by atoms with Gasteiger partial charge in [-0.05, 0) is 59.3 Å². The Labute approximate surface area is 180 Å². The van der Waals surface area contributed by atoms with E-state index >= 15 is 0 Å². The third kappa shape index (κ3) is 6.35. The van der Waals surface area contributed by atoms with E-state index < -0.39 is 5.60 Å². The number of hydrogen-bond acceptors (Lipinski definition) is 4. The van der Waals surface area contributed by atoms with Gasteiger partial charge in [0.25, 0.3) is 0 Å². The Morgan fingerprint density at radius 3 is 1.90 bits per heavy atom. The molecule has 170 valence electrons. The Morgan fingerprint density at radius 2 is 1.33 bits per heavy atom. The summed E-state index contributed by atoms with van der Waals surface area (Å²) < 4.78 is 5.43. The minimum atomic E-state index is -0.500. The van der Waals surface area contributed by atoms with E-state index in [-0.39, 0.29) is 35.8 Å². The molecule has 2 aliphatic heterocycles. The molecule has 3 fully saturated rings. The third-order valence-electron chi connectivity index (χ3n) is 6.62. The first-order valence-corrected chi connectivity index (χ1v) is 11.8. The summed E-state index contributed by atoms with van der Waals surface area (Å²) in [6, 6.07) is 0.192. The first-order valence-electron chi connectivity index (χ1n) is 11.8. The van der Waals surface area contributed by atoms with Gasteiger partial charge in [-0.25, -0.2) is 4.79 Å². The Morgan fingerprint density at radius 1 is 0.767 bits per heavy atom. The molecule has 2 saturated heterocycles. The van der Waals surface area contributed by atoms with Crippen molar-refractivity contribution < 1.29 is 19.1 Å². The maximum atomic E-state index is 12.9. The van der Waals surface area contributed by atoms with Crippen LogP contribution in [-0.4, -0.2) is 65.5 Å². The van der Waals surface area contributed by atoms with E-state index in [1.165, 1.54) is 6.42 Å². The number of nitrogens with zero attached hydrogens (tertiary/aromatic N) is 2. The zero-order chi connectivity index (χ0) is 21.7. The highest BCUT2D eigenvalue weighted by atomic mass is 16.6. The molecule has 0 aromatic carbocycles. The summed E-state index contributed by atoms with van der Waals surface area (Å²) >= 11 is 0. The smallest absolute Gasteiger partial charge is 0.410 e. The zero-order valence-corrected chi connectivity index (χ0v) is 19.0. The molecule has 1 N–H and O–H groups in total. The fourth-order valence-corrected chi connectivity index (χ4v) is 4.82. The molecule has 30 heavy (non-hydrogen) atoms. The highest BCUT2D eigenvalue weighted by molar-refractivity contribution is 5.80. The fraction of sp³-hybridized carbons (Fsp3) is 0.870. The number of likely N-dealkylation sites (tertiary alicyclic amines) is 2. The molecule has 0 bridgehead atoms. The van der Waals surface area contributed by atoms with Crippen molar-refractivity contribution in [3.63, 3.8) is 0 Å². The number of rotatable bonds is 3. The lowest BCUT2D eigenvalue weighted by atomic mass is 9.88. The summed E-state index contributed by atoms with van der Waals surface area (Å²) in [6.07, 6.45) is 8.38. The van der Waals surface area contributed by atoms with Gasteiger partial charge in [0.1, 0.15) is 5.60 Å². The summed E-state index contributed by atoms with van der Waals surface area (Å²) in [4.78, 5) is 41.3. The first-order chi connectivity index (χ1) is 14.2. The van der Waals surface area contributed by atoms with Gasteiger partial charge in [0.05, 0.1) is 0 Å². The van der Waals surface area contributed by atoms with Gasteiger partial charge < -0.3 is 19.9 Å². The monoisotopic (exact) mass is 421 g/mol. The van der Waals surface area contributed by atoms with Crippen LogP contribution in [0.4, 0.5) is 4.79 Å². The van der Waals surface area contributed by atoms with Crippen molar-refractivity contribution >= 4 is 17.9 Å². The molecule has 3 rings (SSSR count). The molecule has 1 saturated carbocycles. The van der Waals surface area contributed by atoms with Crippen LogP contribution < -0.4 is 5.32 Å². The van der Waals surface area contributed by atoms with Crippen LogP contribution in [-0.2, 0) is 14.3 Å². The van der Waals surface area contributed by atoms with Gasteiger partial charge >= 0.3 is 6.09 Å². The minimum absolute atomic E-state index is 0.0166. The molecule has 0 spiro atoms. The summed E-state index contributed by atoms with van der Waals surface area (Å²) in [5.41, 5.74) is -0.500. The molecule has 3 aliphatic rings. The Hall–Kier alpha value is -1.79. The number of amides is 3. The van der Waals surface area contributed by atoms with Crippen molar-refractivity contribution in [2.24, 2.45) is 11.8 Å². The van der Waals surface area contributed by atoms with Gasteiger partial charge in [-0.2, -0.15) is 0 Å². The number of nitrogens with one attached hydrogen (secondary N) is 1. The van der Waals surface area contributed by atoms with Crippen molar-refractivity contribution in [2.75, 3.05) is 26.2 Å². The number of carbonyl (C=O) groups excluding carboxylic acids is 3. The molecule has 0 aromatic rings. The Balaban J connectivity index is 1.38. The summed E-state index contributed by atoms with van der Waals surface area (Å²) in [7, 11) is 0. The van der Waals surface area contributed by atoms with E-state index in [2.05, 4.69) is 5.32 Å². The van der Waals surface area contributed by atoms with E-state index in [1.54, 1.807) is 4.90 Å². The summed E-state index contributed by atoms with van der Waals surface area (Å²) in [5, 5.41) is 3.23. The molecule has 7 heteroatoms. The van der Waals surface area contributed by atoms with Gasteiger partial charge in [0, 0.05) is 44.1 Å². The largest absolute Gasteiger partial charge is 0.444 e. The van der Waals surface area contributed by atoms with Crippen LogP contribution in [0.3, 0.4) is 0 Å². The van der Waals surface area contributed by atoms with Crippen LogP contribution in [0.15, 0.2) is 0 Å². The topological polar surface area (TPSA) is 79.0 Å². The molecular formula is C23H39N3O4. The summed E-state index contributed by atoms with van der Waals surface area (Å²) in [5.74, 6) is 0.593. The lowest BCUT2D eigenvalue weighted by Crippen LogP contribution is -2.50. The van der Waals surface area contributed by atoms with Crippen LogP contribution in [0.25, 0.3) is 0 Å². The Bertz CT molecular complexity index is 608. The van der Waals surface area contributed by atoms with Crippen LogP contribution in [0, 0.1) is 11.8 Å². The average molecular weight is 422 g/mol. The van der Waals surface area contributed by atoms with E-state index in [0.717, 1.165) is 38.5 Å². The SMILES string of the molecule is CC(C)(C)OC(=O)N1CCC(C(=O)N2CCC(NC(=O)C3CCCCC3)CC2)CC1. The quantitative estimate of drug-likeness (QED) is 0.758. The average Bonchev–Trinajstić information content (AvgIpc) is 2.73. The second-order valence-corrected chi connectivity index (χ2v) is 10.2. The second-order valence-electron chi connectivity index (χ2n) is 10.2. The number of piperidine rings is 2. The number of carbonyl (C=O) groups is 3. The van der Waals surface area contributed by atoms with E-state index in [1.807, 2.05) is 25.7 Å². The Kier molecular flexibility index (Phi) is 7.64. The lowest BCUT2D eigenvalue weighted by molar-refractivity contribution is -0.138. The predicted octanol–water partition coefficient (Wildman–Crippen LogP) is 3.32. The molecular weight excluding hydrogens is 382 g/mol. The van der Waals surface area contributed by atoms with Gasteiger partial charge in [0.15, 0.2) is 0 Å². The molecule has 7 nitrogen and oxygen atoms in total. The molecule has 0 unspecified atom stereocenters. The zero-order valence-electron chi connectivity index (χ0n) is 19.0. The second kappa shape index (κ2) is 10.0. The lowest BCUT2D eigenvalue weighted by Gasteiger charge is -2.38. The normalized spacial score (nSPS) is 22.6. The van der Waals surface area contributed by atoms with Gasteiger partial charge in [0.2, 0.25) is 11.8 Å². The minimum Gasteiger partial charge on any atom is -0.444 e. The predicted molar refractivity (Wildman–Crippen MR) is 115 cm³/mol.